The number of nitrogens with zero attached hydrogens (tertiary/aromatic N) is 1. The molecule has 3 amide bonds. The topological polar surface area (TPSA) is 84.9 Å². The van der Waals surface area contributed by atoms with Crippen LogP contribution in [0.3, 0.4) is 0 Å². The molecular weight excluding hydrogens is 420 g/mol. The standard InChI is InChI=1S/C26H28N2O5/c29-24-9-8-22(25(30)27-24)28-15-21-20(26(28)31)2-1-3-23(21)33-16-19-6-4-17(5-7-19)14-18-10-12-32-13-11-18/h1-7,18,22H,8-16H2,(H,27,29,30). The summed E-state index contributed by atoms with van der Waals surface area (Å²) in [5.74, 6) is 0.459. The molecule has 2 fully saturated rings. The fourth-order valence-electron chi connectivity index (χ4n) is 4.91. The van der Waals surface area contributed by atoms with Crippen LogP contribution >= 0.6 is 0 Å². The Morgan fingerprint density at radius 3 is 2.48 bits per heavy atom. The van der Waals surface area contributed by atoms with Crippen molar-refractivity contribution < 1.29 is 23.9 Å². The molecule has 0 aromatic heterocycles. The number of imide groups is 1. The van der Waals surface area contributed by atoms with Crippen LogP contribution in [0, 0.1) is 5.92 Å². The molecule has 1 N–H and O–H groups in total. The fraction of sp³-hybridized carbons (Fsp3) is 0.423. The van der Waals surface area contributed by atoms with Gasteiger partial charge in [-0.3, -0.25) is 19.7 Å². The number of piperidine rings is 1. The molecule has 0 bridgehead atoms. The quantitative estimate of drug-likeness (QED) is 0.687. The second-order valence-corrected chi connectivity index (χ2v) is 9.05. The number of rotatable bonds is 6. The normalized spacial score (nSPS) is 21.2. The van der Waals surface area contributed by atoms with E-state index in [2.05, 4.69) is 29.6 Å². The van der Waals surface area contributed by atoms with Crippen LogP contribution in [0.4, 0.5) is 0 Å². The van der Waals surface area contributed by atoms with Crippen molar-refractivity contribution in [3.8, 4) is 5.75 Å². The number of ether oxygens (including phenoxy) is 2. The van der Waals surface area contributed by atoms with Crippen molar-refractivity contribution in [2.75, 3.05) is 13.2 Å². The van der Waals surface area contributed by atoms with Gasteiger partial charge < -0.3 is 14.4 Å². The number of fused-ring (bicyclic) bond motifs is 1. The highest BCUT2D eigenvalue weighted by Gasteiger charge is 2.40. The summed E-state index contributed by atoms with van der Waals surface area (Å²) in [6, 6.07) is 13.3. The van der Waals surface area contributed by atoms with Gasteiger partial charge in [-0.25, -0.2) is 0 Å². The van der Waals surface area contributed by atoms with Gasteiger partial charge in [0, 0.05) is 30.8 Å². The number of hydrogen-bond donors (Lipinski definition) is 1. The summed E-state index contributed by atoms with van der Waals surface area (Å²) < 4.78 is 11.5. The summed E-state index contributed by atoms with van der Waals surface area (Å²) in [5, 5.41) is 2.34. The lowest BCUT2D eigenvalue weighted by atomic mass is 9.92. The molecule has 1 unspecified atom stereocenters. The van der Waals surface area contributed by atoms with Crippen LogP contribution in [0.25, 0.3) is 0 Å². The van der Waals surface area contributed by atoms with Crippen LogP contribution in [-0.2, 0) is 33.9 Å². The molecule has 2 aromatic carbocycles. The summed E-state index contributed by atoms with van der Waals surface area (Å²) in [6.07, 6.45) is 3.91. The smallest absolute Gasteiger partial charge is 0.255 e. The maximum atomic E-state index is 12.9. The lowest BCUT2D eigenvalue weighted by Gasteiger charge is -2.29. The van der Waals surface area contributed by atoms with Gasteiger partial charge in [-0.2, -0.15) is 0 Å². The van der Waals surface area contributed by atoms with Gasteiger partial charge in [0.2, 0.25) is 11.8 Å². The molecular formula is C26H28N2O5. The second-order valence-electron chi connectivity index (χ2n) is 9.05. The molecule has 0 aliphatic carbocycles. The fourth-order valence-corrected chi connectivity index (χ4v) is 4.91. The molecule has 5 rings (SSSR count). The average molecular weight is 449 g/mol. The van der Waals surface area contributed by atoms with E-state index >= 15 is 0 Å². The SMILES string of the molecule is O=C1CCC(N2Cc3c(OCc4ccc(CC5CCOCC5)cc4)cccc3C2=O)C(=O)N1. The number of benzene rings is 2. The number of carbonyl (C=O) groups excluding carboxylic acids is 3. The molecule has 3 aliphatic heterocycles. The molecule has 2 aromatic rings. The molecule has 0 spiro atoms. The van der Waals surface area contributed by atoms with E-state index in [1.165, 1.54) is 5.56 Å². The number of hydrogen-bond acceptors (Lipinski definition) is 5. The number of amides is 3. The summed E-state index contributed by atoms with van der Waals surface area (Å²) in [5.41, 5.74) is 3.75. The first-order chi connectivity index (χ1) is 16.1. The Kier molecular flexibility index (Phi) is 6.13. The molecule has 3 aliphatic rings. The van der Waals surface area contributed by atoms with Crippen LogP contribution in [0.5, 0.6) is 5.75 Å². The molecule has 0 radical (unpaired) electrons. The summed E-state index contributed by atoms with van der Waals surface area (Å²) in [6.45, 7) is 2.43. The first-order valence-electron chi connectivity index (χ1n) is 11.6. The monoisotopic (exact) mass is 448 g/mol. The highest BCUT2D eigenvalue weighted by atomic mass is 16.5. The van der Waals surface area contributed by atoms with Gasteiger partial charge in [-0.1, -0.05) is 30.3 Å². The highest BCUT2D eigenvalue weighted by Crippen LogP contribution is 2.34. The Morgan fingerprint density at radius 2 is 1.73 bits per heavy atom. The Hall–Kier alpha value is -3.19. The van der Waals surface area contributed by atoms with Crippen molar-refractivity contribution in [1.82, 2.24) is 10.2 Å². The molecule has 2 saturated heterocycles. The zero-order chi connectivity index (χ0) is 22.8. The van der Waals surface area contributed by atoms with E-state index in [0.29, 0.717) is 36.8 Å². The molecule has 0 saturated carbocycles. The van der Waals surface area contributed by atoms with Crippen molar-refractivity contribution in [3.63, 3.8) is 0 Å². The predicted octanol–water partition coefficient (Wildman–Crippen LogP) is 3.00. The Balaban J connectivity index is 1.23. The van der Waals surface area contributed by atoms with Crippen LogP contribution in [0.15, 0.2) is 42.5 Å². The third-order valence-corrected chi connectivity index (χ3v) is 6.82. The maximum absolute atomic E-state index is 12.9. The van der Waals surface area contributed by atoms with E-state index in [9.17, 15) is 14.4 Å². The van der Waals surface area contributed by atoms with Gasteiger partial charge in [-0.05, 0) is 54.9 Å². The summed E-state index contributed by atoms with van der Waals surface area (Å²) in [7, 11) is 0. The van der Waals surface area contributed by atoms with Gasteiger partial charge in [0.05, 0.1) is 6.54 Å². The van der Waals surface area contributed by atoms with Crippen molar-refractivity contribution in [3.05, 3.63) is 64.7 Å². The van der Waals surface area contributed by atoms with E-state index < -0.39 is 11.9 Å². The zero-order valence-corrected chi connectivity index (χ0v) is 18.5. The average Bonchev–Trinajstić information content (AvgIpc) is 3.16. The van der Waals surface area contributed by atoms with Crippen molar-refractivity contribution in [1.29, 1.82) is 0 Å². The third kappa shape index (κ3) is 4.64. The van der Waals surface area contributed by atoms with Crippen LogP contribution < -0.4 is 10.1 Å². The van der Waals surface area contributed by atoms with Crippen molar-refractivity contribution in [2.45, 2.75) is 51.3 Å². The van der Waals surface area contributed by atoms with Gasteiger partial charge >= 0.3 is 0 Å². The Bertz CT molecular complexity index is 1060. The molecule has 33 heavy (non-hydrogen) atoms. The molecule has 7 nitrogen and oxygen atoms in total. The number of carbonyl (C=O) groups is 3. The summed E-state index contributed by atoms with van der Waals surface area (Å²) in [4.78, 5) is 38.2. The van der Waals surface area contributed by atoms with Gasteiger partial charge in [-0.15, -0.1) is 0 Å². The van der Waals surface area contributed by atoms with Crippen LogP contribution in [0.2, 0.25) is 0 Å². The highest BCUT2D eigenvalue weighted by molar-refractivity contribution is 6.05. The Labute approximate surface area is 193 Å². The molecule has 172 valence electrons. The molecule has 3 heterocycles. The minimum absolute atomic E-state index is 0.192. The second kappa shape index (κ2) is 9.35. The molecule has 7 heteroatoms. The zero-order valence-electron chi connectivity index (χ0n) is 18.5. The van der Waals surface area contributed by atoms with E-state index in [1.54, 1.807) is 17.0 Å². The minimum atomic E-state index is -0.626. The largest absolute Gasteiger partial charge is 0.489 e. The van der Waals surface area contributed by atoms with E-state index in [0.717, 1.165) is 43.6 Å². The van der Waals surface area contributed by atoms with Gasteiger partial charge in [0.1, 0.15) is 18.4 Å². The van der Waals surface area contributed by atoms with E-state index in [-0.39, 0.29) is 18.2 Å². The van der Waals surface area contributed by atoms with Crippen LogP contribution in [0.1, 0.15) is 52.7 Å². The minimum Gasteiger partial charge on any atom is -0.489 e. The molecule has 1 atom stereocenters. The van der Waals surface area contributed by atoms with E-state index in [1.807, 2.05) is 6.07 Å². The van der Waals surface area contributed by atoms with Crippen molar-refractivity contribution >= 4 is 17.7 Å². The van der Waals surface area contributed by atoms with Gasteiger partial charge in [0.15, 0.2) is 0 Å². The number of nitrogens with one attached hydrogen (secondary N) is 1. The first kappa shape index (κ1) is 21.6. The lowest BCUT2D eigenvalue weighted by Crippen LogP contribution is -2.52. The third-order valence-electron chi connectivity index (χ3n) is 6.82. The summed E-state index contributed by atoms with van der Waals surface area (Å²) >= 11 is 0. The van der Waals surface area contributed by atoms with Crippen molar-refractivity contribution in [2.24, 2.45) is 5.92 Å². The van der Waals surface area contributed by atoms with Crippen LogP contribution in [-0.4, -0.2) is 41.9 Å². The first-order valence-corrected chi connectivity index (χ1v) is 11.6. The predicted molar refractivity (Wildman–Crippen MR) is 121 cm³/mol. The lowest BCUT2D eigenvalue weighted by molar-refractivity contribution is -0.136. The van der Waals surface area contributed by atoms with E-state index in [4.69, 9.17) is 9.47 Å². The Morgan fingerprint density at radius 1 is 0.970 bits per heavy atom. The van der Waals surface area contributed by atoms with Gasteiger partial charge in [0.25, 0.3) is 5.91 Å². The maximum Gasteiger partial charge on any atom is 0.255 e.